The Labute approximate surface area is 122 Å². The quantitative estimate of drug-likeness (QED) is 0.812. The summed E-state index contributed by atoms with van der Waals surface area (Å²) in [7, 11) is 0. The third kappa shape index (κ3) is 3.08. The molecule has 2 rings (SSSR count). The number of carbonyl (C=O) groups excluding carboxylic acids is 1. The minimum Gasteiger partial charge on any atom is -0.466 e. The number of rotatable bonds is 2. The van der Waals surface area contributed by atoms with Gasteiger partial charge in [0.2, 0.25) is 0 Å². The first kappa shape index (κ1) is 15.1. The molecule has 112 valence electrons. The second-order valence-corrected chi connectivity index (χ2v) is 6.61. The van der Waals surface area contributed by atoms with E-state index in [1.165, 1.54) is 6.42 Å². The van der Waals surface area contributed by atoms with Crippen molar-refractivity contribution in [2.45, 2.75) is 59.9 Å². The molecule has 3 nitrogen and oxygen atoms in total. The molecule has 2 atom stereocenters. The monoisotopic (exact) mass is 277 g/mol. The lowest BCUT2D eigenvalue weighted by atomic mass is 9.95. The van der Waals surface area contributed by atoms with Crippen LogP contribution in [0.25, 0.3) is 0 Å². The van der Waals surface area contributed by atoms with Crippen LogP contribution in [0.15, 0.2) is 10.5 Å². The van der Waals surface area contributed by atoms with E-state index in [4.69, 9.17) is 4.42 Å². The fourth-order valence-corrected chi connectivity index (χ4v) is 3.22. The Balaban J connectivity index is 2.26. The Morgan fingerprint density at radius 2 is 2.00 bits per heavy atom. The zero-order valence-electron chi connectivity index (χ0n) is 13.4. The molecule has 1 saturated heterocycles. The molecule has 1 aliphatic heterocycles. The number of amides is 1. The third-order valence-corrected chi connectivity index (χ3v) is 4.52. The van der Waals surface area contributed by atoms with Crippen molar-refractivity contribution >= 4 is 5.91 Å². The van der Waals surface area contributed by atoms with Crippen LogP contribution < -0.4 is 0 Å². The van der Waals surface area contributed by atoms with Gasteiger partial charge in [-0.1, -0.05) is 20.8 Å². The summed E-state index contributed by atoms with van der Waals surface area (Å²) in [5, 5.41) is 0. The molecule has 20 heavy (non-hydrogen) atoms. The molecule has 0 saturated carbocycles. The molecule has 0 spiro atoms. The lowest BCUT2D eigenvalue weighted by molar-refractivity contribution is 0.0629. The van der Waals surface area contributed by atoms with E-state index in [0.717, 1.165) is 36.5 Å². The van der Waals surface area contributed by atoms with Gasteiger partial charge >= 0.3 is 0 Å². The van der Waals surface area contributed by atoms with Gasteiger partial charge in [0.1, 0.15) is 11.5 Å². The molecule has 1 aromatic heterocycles. The smallest absolute Gasteiger partial charge is 0.257 e. The Morgan fingerprint density at radius 3 is 2.55 bits per heavy atom. The molecule has 2 unspecified atom stereocenters. The number of aryl methyl sites for hydroxylation is 2. The van der Waals surface area contributed by atoms with Crippen LogP contribution in [0, 0.1) is 25.7 Å². The van der Waals surface area contributed by atoms with E-state index in [2.05, 4.69) is 25.7 Å². The zero-order chi connectivity index (χ0) is 14.9. The minimum atomic E-state index is 0.146. The SMILES string of the molecule is Cc1cc(C(=O)N2CCC(C)CCC2C(C)C)c(C)o1. The number of furan rings is 1. The first-order valence-corrected chi connectivity index (χ1v) is 7.78. The van der Waals surface area contributed by atoms with Gasteiger partial charge in [0.25, 0.3) is 5.91 Å². The average molecular weight is 277 g/mol. The van der Waals surface area contributed by atoms with Crippen molar-refractivity contribution in [2.75, 3.05) is 6.54 Å². The number of nitrogens with zero attached hydrogens (tertiary/aromatic N) is 1. The molecule has 0 aromatic carbocycles. The van der Waals surface area contributed by atoms with Crippen LogP contribution in [-0.4, -0.2) is 23.4 Å². The fourth-order valence-electron chi connectivity index (χ4n) is 3.22. The van der Waals surface area contributed by atoms with Gasteiger partial charge in [-0.3, -0.25) is 4.79 Å². The predicted molar refractivity (Wildman–Crippen MR) is 80.9 cm³/mol. The van der Waals surface area contributed by atoms with Crippen molar-refractivity contribution < 1.29 is 9.21 Å². The summed E-state index contributed by atoms with van der Waals surface area (Å²) in [5.74, 6) is 2.91. The normalized spacial score (nSPS) is 24.0. The Hall–Kier alpha value is -1.25. The van der Waals surface area contributed by atoms with Crippen molar-refractivity contribution in [3.8, 4) is 0 Å². The van der Waals surface area contributed by atoms with Crippen LogP contribution in [0.2, 0.25) is 0 Å². The maximum absolute atomic E-state index is 12.9. The molecular weight excluding hydrogens is 250 g/mol. The van der Waals surface area contributed by atoms with E-state index in [0.29, 0.717) is 17.9 Å². The summed E-state index contributed by atoms with van der Waals surface area (Å²) in [6, 6.07) is 2.23. The number of hydrogen-bond donors (Lipinski definition) is 0. The lowest BCUT2D eigenvalue weighted by Gasteiger charge is -2.32. The van der Waals surface area contributed by atoms with Gasteiger partial charge < -0.3 is 9.32 Å². The third-order valence-electron chi connectivity index (χ3n) is 4.52. The van der Waals surface area contributed by atoms with Crippen LogP contribution in [0.4, 0.5) is 0 Å². The highest BCUT2D eigenvalue weighted by Crippen LogP contribution is 2.28. The van der Waals surface area contributed by atoms with E-state index < -0.39 is 0 Å². The molecule has 0 radical (unpaired) electrons. The van der Waals surface area contributed by atoms with Crippen molar-refractivity contribution in [2.24, 2.45) is 11.8 Å². The Kier molecular flexibility index (Phi) is 4.56. The second-order valence-electron chi connectivity index (χ2n) is 6.61. The zero-order valence-corrected chi connectivity index (χ0v) is 13.4. The second kappa shape index (κ2) is 6.02. The van der Waals surface area contributed by atoms with Crippen molar-refractivity contribution in [1.29, 1.82) is 0 Å². The lowest BCUT2D eigenvalue weighted by Crippen LogP contribution is -2.43. The van der Waals surface area contributed by atoms with Crippen molar-refractivity contribution in [1.82, 2.24) is 4.90 Å². The van der Waals surface area contributed by atoms with Crippen LogP contribution >= 0.6 is 0 Å². The summed E-state index contributed by atoms with van der Waals surface area (Å²) in [6.45, 7) is 11.4. The standard InChI is InChI=1S/C17H27NO2/c1-11(2)16-7-6-12(3)8-9-18(16)17(19)15-10-13(4)20-14(15)5/h10-12,16H,6-9H2,1-5H3. The summed E-state index contributed by atoms with van der Waals surface area (Å²) in [6.07, 6.45) is 3.43. The molecule has 1 fully saturated rings. The van der Waals surface area contributed by atoms with E-state index in [1.54, 1.807) is 0 Å². The van der Waals surface area contributed by atoms with Gasteiger partial charge in [0.05, 0.1) is 5.56 Å². The molecule has 0 bridgehead atoms. The maximum Gasteiger partial charge on any atom is 0.257 e. The van der Waals surface area contributed by atoms with Gasteiger partial charge in [-0.2, -0.15) is 0 Å². The van der Waals surface area contributed by atoms with Gasteiger partial charge in [-0.25, -0.2) is 0 Å². The number of carbonyl (C=O) groups is 1. The number of likely N-dealkylation sites (tertiary alicyclic amines) is 1. The topological polar surface area (TPSA) is 33.5 Å². The largest absolute Gasteiger partial charge is 0.466 e. The molecule has 1 aromatic rings. The van der Waals surface area contributed by atoms with Crippen LogP contribution in [-0.2, 0) is 0 Å². The van der Waals surface area contributed by atoms with Crippen molar-refractivity contribution in [3.05, 3.63) is 23.2 Å². The average Bonchev–Trinajstić information content (AvgIpc) is 2.59. The molecule has 0 aliphatic carbocycles. The molecule has 1 aliphatic rings. The van der Waals surface area contributed by atoms with E-state index in [1.807, 2.05) is 19.9 Å². The van der Waals surface area contributed by atoms with Crippen molar-refractivity contribution in [3.63, 3.8) is 0 Å². The molecule has 1 amide bonds. The molecule has 3 heteroatoms. The van der Waals surface area contributed by atoms with Gasteiger partial charge in [-0.05, 0) is 51.0 Å². The minimum absolute atomic E-state index is 0.146. The Morgan fingerprint density at radius 1 is 1.30 bits per heavy atom. The van der Waals surface area contributed by atoms with E-state index in [-0.39, 0.29) is 5.91 Å². The number of hydrogen-bond acceptors (Lipinski definition) is 2. The summed E-state index contributed by atoms with van der Waals surface area (Å²) < 4.78 is 5.53. The van der Waals surface area contributed by atoms with Gasteiger partial charge in [0, 0.05) is 12.6 Å². The van der Waals surface area contributed by atoms with Gasteiger partial charge in [0.15, 0.2) is 0 Å². The summed E-state index contributed by atoms with van der Waals surface area (Å²) in [4.78, 5) is 15.0. The summed E-state index contributed by atoms with van der Waals surface area (Å²) >= 11 is 0. The highest BCUT2D eigenvalue weighted by Gasteiger charge is 2.31. The Bertz CT molecular complexity index is 475. The molecule has 2 heterocycles. The highest BCUT2D eigenvalue weighted by atomic mass is 16.3. The first-order chi connectivity index (χ1) is 9.40. The maximum atomic E-state index is 12.9. The van der Waals surface area contributed by atoms with E-state index in [9.17, 15) is 4.79 Å². The van der Waals surface area contributed by atoms with Crippen LogP contribution in [0.1, 0.15) is 61.9 Å². The molecular formula is C17H27NO2. The highest BCUT2D eigenvalue weighted by molar-refractivity contribution is 5.95. The van der Waals surface area contributed by atoms with E-state index >= 15 is 0 Å². The van der Waals surface area contributed by atoms with Gasteiger partial charge in [-0.15, -0.1) is 0 Å². The predicted octanol–water partition coefficient (Wildman–Crippen LogP) is 4.18. The van der Waals surface area contributed by atoms with Crippen LogP contribution in [0.5, 0.6) is 0 Å². The molecule has 0 N–H and O–H groups in total. The fraction of sp³-hybridized carbons (Fsp3) is 0.706. The first-order valence-electron chi connectivity index (χ1n) is 7.78. The van der Waals surface area contributed by atoms with Crippen LogP contribution in [0.3, 0.4) is 0 Å². The summed E-state index contributed by atoms with van der Waals surface area (Å²) in [5.41, 5.74) is 0.739.